The molecule has 0 saturated carbocycles. The summed E-state index contributed by atoms with van der Waals surface area (Å²) in [5.41, 5.74) is 8.73. The van der Waals surface area contributed by atoms with Crippen LogP contribution in [0.3, 0.4) is 0 Å². The van der Waals surface area contributed by atoms with Crippen LogP contribution in [-0.4, -0.2) is 4.99 Å². The summed E-state index contributed by atoms with van der Waals surface area (Å²) >= 11 is 8.42. The summed E-state index contributed by atoms with van der Waals surface area (Å²) in [5, 5.41) is 0. The van der Waals surface area contributed by atoms with Gasteiger partial charge in [0, 0.05) is 5.56 Å². The van der Waals surface area contributed by atoms with Gasteiger partial charge in [0.15, 0.2) is 0 Å². The highest BCUT2D eigenvalue weighted by Crippen LogP contribution is 2.32. The van der Waals surface area contributed by atoms with Crippen LogP contribution in [0.25, 0.3) is 0 Å². The molecule has 0 fully saturated rings. The number of halogens is 1. The Labute approximate surface area is 126 Å². The third kappa shape index (κ3) is 3.33. The number of rotatable bonds is 3. The lowest BCUT2D eigenvalue weighted by atomic mass is 10.1. The van der Waals surface area contributed by atoms with Gasteiger partial charge in [-0.15, -0.1) is 0 Å². The van der Waals surface area contributed by atoms with Crippen molar-refractivity contribution in [3.05, 3.63) is 57.6 Å². The minimum absolute atomic E-state index is 0.374. The van der Waals surface area contributed by atoms with Gasteiger partial charge >= 0.3 is 0 Å². The van der Waals surface area contributed by atoms with Crippen LogP contribution in [0.5, 0.6) is 11.5 Å². The van der Waals surface area contributed by atoms with Gasteiger partial charge in [-0.3, -0.25) is 0 Å². The molecule has 19 heavy (non-hydrogen) atoms. The highest BCUT2D eigenvalue weighted by molar-refractivity contribution is 9.10. The van der Waals surface area contributed by atoms with E-state index in [4.69, 9.17) is 22.7 Å². The topological polar surface area (TPSA) is 35.2 Å². The van der Waals surface area contributed by atoms with Gasteiger partial charge in [0.25, 0.3) is 0 Å². The van der Waals surface area contributed by atoms with Crippen LogP contribution in [0, 0.1) is 13.8 Å². The Kier molecular flexibility index (Phi) is 4.22. The lowest BCUT2D eigenvalue weighted by Crippen LogP contribution is -2.09. The van der Waals surface area contributed by atoms with Crippen molar-refractivity contribution in [2.75, 3.05) is 0 Å². The molecule has 0 radical (unpaired) electrons. The maximum atomic E-state index is 5.90. The maximum Gasteiger partial charge on any atom is 0.141 e. The molecule has 0 aliphatic heterocycles. The van der Waals surface area contributed by atoms with Crippen LogP contribution >= 0.6 is 28.1 Å². The first-order valence-electron chi connectivity index (χ1n) is 5.82. The van der Waals surface area contributed by atoms with E-state index in [-0.39, 0.29) is 0 Å². The lowest BCUT2D eigenvalue weighted by molar-refractivity contribution is 0.476. The second-order valence-electron chi connectivity index (χ2n) is 4.38. The Bertz CT molecular complexity index is 640. The average Bonchev–Trinajstić information content (AvgIpc) is 2.34. The Balaban J connectivity index is 2.31. The van der Waals surface area contributed by atoms with Crippen LogP contribution in [0.4, 0.5) is 0 Å². The van der Waals surface area contributed by atoms with Gasteiger partial charge in [-0.2, -0.15) is 0 Å². The van der Waals surface area contributed by atoms with E-state index in [1.165, 1.54) is 5.56 Å². The molecule has 0 saturated heterocycles. The van der Waals surface area contributed by atoms with Gasteiger partial charge in [-0.25, -0.2) is 0 Å². The summed E-state index contributed by atoms with van der Waals surface area (Å²) in [7, 11) is 0. The molecule has 2 rings (SSSR count). The second-order valence-corrected chi connectivity index (χ2v) is 5.67. The molecule has 0 aliphatic rings. The summed E-state index contributed by atoms with van der Waals surface area (Å²) in [6.45, 7) is 4.09. The smallest absolute Gasteiger partial charge is 0.141 e. The summed E-state index contributed by atoms with van der Waals surface area (Å²) < 4.78 is 6.73. The highest BCUT2D eigenvalue weighted by atomic mass is 79.9. The van der Waals surface area contributed by atoms with Crippen molar-refractivity contribution in [1.82, 2.24) is 0 Å². The van der Waals surface area contributed by atoms with Crippen LogP contribution in [-0.2, 0) is 0 Å². The van der Waals surface area contributed by atoms with Crippen LogP contribution in [0.2, 0.25) is 0 Å². The zero-order valence-electron chi connectivity index (χ0n) is 10.7. The predicted molar refractivity (Wildman–Crippen MR) is 86.0 cm³/mol. The van der Waals surface area contributed by atoms with Crippen molar-refractivity contribution in [2.24, 2.45) is 5.73 Å². The largest absolute Gasteiger partial charge is 0.456 e. The molecule has 0 unspecified atom stereocenters. The number of aryl methyl sites for hydroxylation is 2. The summed E-state index contributed by atoms with van der Waals surface area (Å²) in [6.07, 6.45) is 0. The molecule has 0 amide bonds. The summed E-state index contributed by atoms with van der Waals surface area (Å²) in [5.74, 6) is 1.58. The zero-order chi connectivity index (χ0) is 14.0. The lowest BCUT2D eigenvalue weighted by Gasteiger charge is -2.11. The van der Waals surface area contributed by atoms with Crippen molar-refractivity contribution >= 4 is 33.1 Å². The van der Waals surface area contributed by atoms with Crippen molar-refractivity contribution in [3.8, 4) is 11.5 Å². The van der Waals surface area contributed by atoms with Gasteiger partial charge < -0.3 is 10.5 Å². The minimum Gasteiger partial charge on any atom is -0.456 e. The predicted octanol–water partition coefficient (Wildman–Crippen LogP) is 4.49. The molecule has 2 nitrogen and oxygen atoms in total. The second kappa shape index (κ2) is 5.72. The molecule has 98 valence electrons. The molecule has 2 N–H and O–H groups in total. The number of hydrogen-bond acceptors (Lipinski definition) is 2. The molecule has 4 heteroatoms. The Hall–Kier alpha value is -1.39. The molecule has 0 spiro atoms. The van der Waals surface area contributed by atoms with Crippen molar-refractivity contribution < 1.29 is 4.74 Å². The van der Waals surface area contributed by atoms with E-state index >= 15 is 0 Å². The monoisotopic (exact) mass is 335 g/mol. The SMILES string of the molecule is Cc1ccc(Oc2ccc(C(N)=S)cc2Br)c(C)c1. The fraction of sp³-hybridized carbons (Fsp3) is 0.133. The Morgan fingerprint density at radius 1 is 1.11 bits per heavy atom. The van der Waals surface area contributed by atoms with E-state index < -0.39 is 0 Å². The molecular weight excluding hydrogens is 322 g/mol. The third-order valence-electron chi connectivity index (χ3n) is 2.77. The van der Waals surface area contributed by atoms with Crippen LogP contribution in [0.1, 0.15) is 16.7 Å². The van der Waals surface area contributed by atoms with Gasteiger partial charge in [0.2, 0.25) is 0 Å². The fourth-order valence-electron chi connectivity index (χ4n) is 1.77. The van der Waals surface area contributed by atoms with E-state index in [0.717, 1.165) is 27.1 Å². The van der Waals surface area contributed by atoms with Crippen molar-refractivity contribution in [3.63, 3.8) is 0 Å². The van der Waals surface area contributed by atoms with Crippen LogP contribution in [0.15, 0.2) is 40.9 Å². The molecule has 2 aromatic carbocycles. The number of benzene rings is 2. The maximum absolute atomic E-state index is 5.90. The summed E-state index contributed by atoms with van der Waals surface area (Å²) in [4.78, 5) is 0.374. The molecule has 0 bridgehead atoms. The van der Waals surface area contributed by atoms with Gasteiger partial charge in [0.05, 0.1) is 4.47 Å². The first kappa shape index (κ1) is 14.0. The van der Waals surface area contributed by atoms with Crippen molar-refractivity contribution in [2.45, 2.75) is 13.8 Å². The van der Waals surface area contributed by atoms with Crippen LogP contribution < -0.4 is 10.5 Å². The Morgan fingerprint density at radius 2 is 1.79 bits per heavy atom. The molecule has 0 heterocycles. The van der Waals surface area contributed by atoms with Gasteiger partial charge in [-0.05, 0) is 59.6 Å². The Morgan fingerprint density at radius 3 is 2.37 bits per heavy atom. The first-order chi connectivity index (χ1) is 8.97. The molecule has 0 atom stereocenters. The number of ether oxygens (including phenoxy) is 1. The first-order valence-corrected chi connectivity index (χ1v) is 7.02. The quantitative estimate of drug-likeness (QED) is 0.839. The van der Waals surface area contributed by atoms with Gasteiger partial charge in [-0.1, -0.05) is 29.9 Å². The highest BCUT2D eigenvalue weighted by Gasteiger charge is 2.07. The van der Waals surface area contributed by atoms with E-state index in [9.17, 15) is 0 Å². The van der Waals surface area contributed by atoms with E-state index in [0.29, 0.717) is 4.99 Å². The zero-order valence-corrected chi connectivity index (χ0v) is 13.1. The standard InChI is InChI=1S/C15H14BrNOS/c1-9-3-5-13(10(2)7-9)18-14-6-4-11(15(17)19)8-12(14)16/h3-8H,1-2H3,(H2,17,19). The number of hydrogen-bond donors (Lipinski definition) is 1. The van der Waals surface area contributed by atoms with E-state index in [1.54, 1.807) is 0 Å². The van der Waals surface area contributed by atoms with Crippen molar-refractivity contribution in [1.29, 1.82) is 0 Å². The average molecular weight is 336 g/mol. The normalized spacial score (nSPS) is 10.3. The third-order valence-corrected chi connectivity index (χ3v) is 3.62. The minimum atomic E-state index is 0.374. The molecule has 0 aliphatic carbocycles. The number of nitrogens with two attached hydrogens (primary N) is 1. The molecular formula is C15H14BrNOS. The van der Waals surface area contributed by atoms with E-state index in [2.05, 4.69) is 28.9 Å². The summed E-state index contributed by atoms with van der Waals surface area (Å²) in [6, 6.07) is 11.7. The fourth-order valence-corrected chi connectivity index (χ4v) is 2.36. The van der Waals surface area contributed by atoms with Gasteiger partial charge in [0.1, 0.15) is 16.5 Å². The molecule has 0 aromatic heterocycles. The molecule has 2 aromatic rings. The number of thiocarbonyl (C=S) groups is 1. The van der Waals surface area contributed by atoms with E-state index in [1.807, 2.05) is 37.3 Å².